The van der Waals surface area contributed by atoms with Crippen molar-refractivity contribution in [1.29, 1.82) is 0 Å². The molecule has 0 aliphatic rings. The molecule has 19 heavy (non-hydrogen) atoms. The van der Waals surface area contributed by atoms with E-state index in [-0.39, 0.29) is 5.91 Å². The summed E-state index contributed by atoms with van der Waals surface area (Å²) >= 11 is 6.09. The summed E-state index contributed by atoms with van der Waals surface area (Å²) in [5.41, 5.74) is 9.36. The van der Waals surface area contributed by atoms with Crippen LogP contribution in [0, 0.1) is 13.8 Å². The lowest BCUT2D eigenvalue weighted by atomic mass is 10.1. The third kappa shape index (κ3) is 2.88. The summed E-state index contributed by atoms with van der Waals surface area (Å²) in [6, 6.07) is 10.8. The Hall–Kier alpha value is -2.00. The molecule has 0 unspecified atom stereocenters. The molecule has 3 N–H and O–H groups in total. The number of nitrogen functional groups attached to an aromatic ring is 1. The summed E-state index contributed by atoms with van der Waals surface area (Å²) in [6.45, 7) is 3.76. The van der Waals surface area contributed by atoms with Gasteiger partial charge in [-0.3, -0.25) is 4.79 Å². The van der Waals surface area contributed by atoms with Gasteiger partial charge in [0, 0.05) is 11.3 Å². The van der Waals surface area contributed by atoms with E-state index in [1.165, 1.54) is 0 Å². The van der Waals surface area contributed by atoms with E-state index in [1.54, 1.807) is 24.3 Å². The van der Waals surface area contributed by atoms with Crippen LogP contribution < -0.4 is 11.1 Å². The van der Waals surface area contributed by atoms with Crippen molar-refractivity contribution in [3.8, 4) is 0 Å². The highest BCUT2D eigenvalue weighted by molar-refractivity contribution is 6.34. The van der Waals surface area contributed by atoms with E-state index >= 15 is 0 Å². The number of nitrogens with two attached hydrogens (primary N) is 1. The van der Waals surface area contributed by atoms with Gasteiger partial charge < -0.3 is 11.1 Å². The number of benzene rings is 2. The summed E-state index contributed by atoms with van der Waals surface area (Å²) in [6.07, 6.45) is 0. The standard InChI is InChI=1S/C15H15ClN2O/c1-9-6-7-14(12(16)8-9)18-15(19)11-4-3-5-13(17)10(11)2/h3-8H,17H2,1-2H3,(H,18,19). The van der Waals surface area contributed by atoms with Crippen LogP contribution in [0.15, 0.2) is 36.4 Å². The number of anilines is 2. The maximum Gasteiger partial charge on any atom is 0.256 e. The summed E-state index contributed by atoms with van der Waals surface area (Å²) in [7, 11) is 0. The van der Waals surface area contributed by atoms with E-state index in [4.69, 9.17) is 17.3 Å². The molecule has 2 aromatic rings. The zero-order chi connectivity index (χ0) is 14.0. The number of carbonyl (C=O) groups is 1. The number of aryl methyl sites for hydroxylation is 1. The molecule has 0 heterocycles. The fraction of sp³-hybridized carbons (Fsp3) is 0.133. The molecule has 0 aliphatic heterocycles. The van der Waals surface area contributed by atoms with Crippen molar-refractivity contribution in [1.82, 2.24) is 0 Å². The minimum absolute atomic E-state index is 0.212. The van der Waals surface area contributed by atoms with Gasteiger partial charge in [-0.15, -0.1) is 0 Å². The number of hydrogen-bond acceptors (Lipinski definition) is 2. The molecule has 1 amide bonds. The Morgan fingerprint density at radius 3 is 2.63 bits per heavy atom. The highest BCUT2D eigenvalue weighted by atomic mass is 35.5. The Labute approximate surface area is 117 Å². The van der Waals surface area contributed by atoms with Crippen molar-refractivity contribution in [2.75, 3.05) is 11.1 Å². The van der Waals surface area contributed by atoms with Gasteiger partial charge >= 0.3 is 0 Å². The highest BCUT2D eigenvalue weighted by Crippen LogP contribution is 2.24. The predicted molar refractivity (Wildman–Crippen MR) is 79.7 cm³/mol. The number of rotatable bonds is 2. The molecule has 4 heteroatoms. The Bertz CT molecular complexity index is 638. The third-order valence-corrected chi connectivity index (χ3v) is 3.31. The minimum Gasteiger partial charge on any atom is -0.398 e. The maximum atomic E-state index is 12.2. The van der Waals surface area contributed by atoms with Gasteiger partial charge in [0.1, 0.15) is 0 Å². The maximum absolute atomic E-state index is 12.2. The van der Waals surface area contributed by atoms with E-state index in [0.29, 0.717) is 22.0 Å². The van der Waals surface area contributed by atoms with Crippen LogP contribution in [-0.2, 0) is 0 Å². The molecule has 0 saturated heterocycles. The van der Waals surface area contributed by atoms with Crippen molar-refractivity contribution in [2.24, 2.45) is 0 Å². The van der Waals surface area contributed by atoms with Crippen molar-refractivity contribution in [3.63, 3.8) is 0 Å². The molecule has 2 aromatic carbocycles. The van der Waals surface area contributed by atoms with Gasteiger partial charge in [0.25, 0.3) is 5.91 Å². The van der Waals surface area contributed by atoms with E-state index in [9.17, 15) is 4.79 Å². The lowest BCUT2D eigenvalue weighted by molar-refractivity contribution is 0.102. The molecule has 0 atom stereocenters. The monoisotopic (exact) mass is 274 g/mol. The first-order valence-corrected chi connectivity index (χ1v) is 6.29. The largest absolute Gasteiger partial charge is 0.398 e. The Morgan fingerprint density at radius 2 is 1.95 bits per heavy atom. The quantitative estimate of drug-likeness (QED) is 0.819. The van der Waals surface area contributed by atoms with E-state index < -0.39 is 0 Å². The van der Waals surface area contributed by atoms with Crippen LogP contribution in [-0.4, -0.2) is 5.91 Å². The third-order valence-electron chi connectivity index (χ3n) is 2.99. The minimum atomic E-state index is -0.212. The number of amides is 1. The second kappa shape index (κ2) is 5.33. The van der Waals surface area contributed by atoms with Crippen LogP contribution in [0.5, 0.6) is 0 Å². The number of carbonyl (C=O) groups excluding carboxylic acids is 1. The second-order valence-corrected chi connectivity index (χ2v) is 4.86. The molecule has 0 spiro atoms. The average Bonchev–Trinajstić information content (AvgIpc) is 2.36. The Morgan fingerprint density at radius 1 is 1.21 bits per heavy atom. The highest BCUT2D eigenvalue weighted by Gasteiger charge is 2.12. The first kappa shape index (κ1) is 13.4. The van der Waals surface area contributed by atoms with Gasteiger partial charge in [-0.25, -0.2) is 0 Å². The molecule has 3 nitrogen and oxygen atoms in total. The van der Waals surface area contributed by atoms with Gasteiger partial charge in [0.05, 0.1) is 10.7 Å². The summed E-state index contributed by atoms with van der Waals surface area (Å²) in [5, 5.41) is 3.32. The Balaban J connectivity index is 2.28. The summed E-state index contributed by atoms with van der Waals surface area (Å²) < 4.78 is 0. The zero-order valence-corrected chi connectivity index (χ0v) is 11.6. The van der Waals surface area contributed by atoms with Gasteiger partial charge in [0.2, 0.25) is 0 Å². The lowest BCUT2D eigenvalue weighted by Crippen LogP contribution is -2.14. The average molecular weight is 275 g/mol. The molecule has 0 fully saturated rings. The summed E-state index contributed by atoms with van der Waals surface area (Å²) in [4.78, 5) is 12.2. The summed E-state index contributed by atoms with van der Waals surface area (Å²) in [5.74, 6) is -0.212. The van der Waals surface area contributed by atoms with Gasteiger partial charge in [-0.2, -0.15) is 0 Å². The van der Waals surface area contributed by atoms with Gasteiger partial charge in [-0.1, -0.05) is 23.7 Å². The molecule has 0 radical (unpaired) electrons. The van der Waals surface area contributed by atoms with Crippen LogP contribution in [0.3, 0.4) is 0 Å². The molecule has 2 rings (SSSR count). The first-order chi connectivity index (χ1) is 8.99. The number of hydrogen-bond donors (Lipinski definition) is 2. The fourth-order valence-corrected chi connectivity index (χ4v) is 2.09. The first-order valence-electron chi connectivity index (χ1n) is 5.91. The van der Waals surface area contributed by atoms with E-state index in [1.807, 2.05) is 26.0 Å². The SMILES string of the molecule is Cc1ccc(NC(=O)c2cccc(N)c2C)c(Cl)c1. The molecule has 0 aliphatic carbocycles. The van der Waals surface area contributed by atoms with E-state index in [2.05, 4.69) is 5.32 Å². The van der Waals surface area contributed by atoms with Gasteiger partial charge in [0.15, 0.2) is 0 Å². The lowest BCUT2D eigenvalue weighted by Gasteiger charge is -2.10. The molecule has 0 aromatic heterocycles. The van der Waals surface area contributed by atoms with E-state index in [0.717, 1.165) is 11.1 Å². The fourth-order valence-electron chi connectivity index (χ4n) is 1.81. The van der Waals surface area contributed by atoms with Crippen LogP contribution in [0.1, 0.15) is 21.5 Å². The van der Waals surface area contributed by atoms with Crippen LogP contribution in [0.2, 0.25) is 5.02 Å². The molecule has 0 saturated carbocycles. The predicted octanol–water partition coefficient (Wildman–Crippen LogP) is 3.79. The second-order valence-electron chi connectivity index (χ2n) is 4.46. The number of nitrogens with one attached hydrogen (secondary N) is 1. The molecule has 98 valence electrons. The molecule has 0 bridgehead atoms. The Kier molecular flexibility index (Phi) is 3.76. The normalized spacial score (nSPS) is 10.3. The smallest absolute Gasteiger partial charge is 0.256 e. The van der Waals surface area contributed by atoms with Crippen molar-refractivity contribution in [2.45, 2.75) is 13.8 Å². The molecular formula is C15H15ClN2O. The van der Waals surface area contributed by atoms with Crippen molar-refractivity contribution < 1.29 is 4.79 Å². The van der Waals surface area contributed by atoms with Gasteiger partial charge in [-0.05, 0) is 49.2 Å². The van der Waals surface area contributed by atoms with Crippen molar-refractivity contribution >= 4 is 28.9 Å². The van der Waals surface area contributed by atoms with Crippen LogP contribution >= 0.6 is 11.6 Å². The van der Waals surface area contributed by atoms with Crippen LogP contribution in [0.25, 0.3) is 0 Å². The number of halogens is 1. The molecular weight excluding hydrogens is 260 g/mol. The van der Waals surface area contributed by atoms with Crippen molar-refractivity contribution in [3.05, 3.63) is 58.1 Å². The topological polar surface area (TPSA) is 55.1 Å². The zero-order valence-electron chi connectivity index (χ0n) is 10.8. The van der Waals surface area contributed by atoms with Crippen LogP contribution in [0.4, 0.5) is 11.4 Å².